The number of carbonyl (C=O) groups excluding carboxylic acids is 3. The third-order valence-corrected chi connectivity index (χ3v) is 2.75. The van der Waals surface area contributed by atoms with Crippen LogP contribution in [0.25, 0.3) is 0 Å². The molecule has 0 spiro atoms. The Morgan fingerprint density at radius 1 is 1.08 bits per heavy atom. The van der Waals surface area contributed by atoms with Crippen LogP contribution in [0.1, 0.15) is 30.6 Å². The lowest BCUT2D eigenvalue weighted by Crippen LogP contribution is -2.07. The molecule has 6 heteroatoms. The Labute approximate surface area is 146 Å². The third-order valence-electron chi connectivity index (χ3n) is 2.75. The van der Waals surface area contributed by atoms with Gasteiger partial charge in [-0.05, 0) is 42.8 Å². The molecule has 0 fully saturated rings. The molecule has 0 saturated heterocycles. The van der Waals surface area contributed by atoms with Crippen molar-refractivity contribution in [3.63, 3.8) is 0 Å². The maximum atomic E-state index is 12.0. The Balaban J connectivity index is 2.57. The maximum absolute atomic E-state index is 12.0. The van der Waals surface area contributed by atoms with Gasteiger partial charge in [0.25, 0.3) is 0 Å². The molecule has 25 heavy (non-hydrogen) atoms. The normalized spacial score (nSPS) is 10.2. The van der Waals surface area contributed by atoms with Crippen LogP contribution in [0.2, 0.25) is 0 Å². The molecular weight excluding hydrogens is 324 g/mol. The van der Waals surface area contributed by atoms with Crippen LogP contribution in [0, 0.1) is 0 Å². The summed E-state index contributed by atoms with van der Waals surface area (Å²) < 4.78 is 14.8. The highest BCUT2D eigenvalue weighted by atomic mass is 16.5. The minimum absolute atomic E-state index is 0.0403. The van der Waals surface area contributed by atoms with Crippen LogP contribution in [0.4, 0.5) is 0 Å². The summed E-state index contributed by atoms with van der Waals surface area (Å²) in [6.45, 7) is 10.6. The number of hydrogen-bond acceptors (Lipinski definition) is 6. The highest BCUT2D eigenvalue weighted by Crippen LogP contribution is 2.14. The van der Waals surface area contributed by atoms with Gasteiger partial charge in [-0.25, -0.2) is 9.59 Å². The molecule has 0 unspecified atom stereocenters. The summed E-state index contributed by atoms with van der Waals surface area (Å²) in [5, 5.41) is 0. The van der Waals surface area contributed by atoms with E-state index >= 15 is 0 Å². The van der Waals surface area contributed by atoms with Crippen molar-refractivity contribution in [2.24, 2.45) is 0 Å². The van der Waals surface area contributed by atoms with E-state index in [1.807, 2.05) is 6.92 Å². The molecule has 0 bridgehead atoms. The minimum Gasteiger partial charge on any atom is -0.462 e. The lowest BCUT2D eigenvalue weighted by Gasteiger charge is -2.05. The zero-order chi connectivity index (χ0) is 18.8. The van der Waals surface area contributed by atoms with Crippen molar-refractivity contribution in [2.45, 2.75) is 20.3 Å². The van der Waals surface area contributed by atoms with Gasteiger partial charge >= 0.3 is 17.9 Å². The van der Waals surface area contributed by atoms with Gasteiger partial charge in [-0.1, -0.05) is 20.1 Å². The van der Waals surface area contributed by atoms with E-state index in [4.69, 9.17) is 14.2 Å². The van der Waals surface area contributed by atoms with E-state index in [-0.39, 0.29) is 16.9 Å². The first kappa shape index (κ1) is 19.9. The van der Waals surface area contributed by atoms with E-state index in [1.54, 1.807) is 0 Å². The maximum Gasteiger partial charge on any atom is 0.343 e. The van der Waals surface area contributed by atoms with E-state index in [2.05, 4.69) is 13.2 Å². The number of esters is 3. The average Bonchev–Trinajstić information content (AvgIpc) is 2.57. The number of rotatable bonds is 8. The Morgan fingerprint density at radius 2 is 1.72 bits per heavy atom. The minimum atomic E-state index is -0.636. The molecule has 0 aliphatic heterocycles. The molecule has 132 valence electrons. The Bertz CT molecular complexity index is 697. The second-order valence-corrected chi connectivity index (χ2v) is 4.97. The second kappa shape index (κ2) is 9.87. The first-order valence-corrected chi connectivity index (χ1v) is 7.57. The average molecular weight is 344 g/mol. The predicted octanol–water partition coefficient (Wildman–Crippen LogP) is 3.35. The van der Waals surface area contributed by atoms with E-state index in [0.717, 1.165) is 0 Å². The summed E-state index contributed by atoms with van der Waals surface area (Å²) >= 11 is 0. The molecule has 0 aliphatic rings. The molecule has 1 aromatic carbocycles. The van der Waals surface area contributed by atoms with Gasteiger partial charge in [-0.2, -0.15) is 0 Å². The van der Waals surface area contributed by atoms with Gasteiger partial charge in [0.2, 0.25) is 0 Å². The molecule has 6 nitrogen and oxygen atoms in total. The Kier molecular flexibility index (Phi) is 7.86. The zero-order valence-corrected chi connectivity index (χ0v) is 14.2. The SMILES string of the molecule is C=C(/C=C\C(=C)C(=O)OCCC)OC(=O)c1ccc(OC(C)=O)cc1. The number of hydrogen-bond donors (Lipinski definition) is 0. The van der Waals surface area contributed by atoms with Crippen molar-refractivity contribution < 1.29 is 28.6 Å². The third kappa shape index (κ3) is 7.30. The van der Waals surface area contributed by atoms with Crippen molar-refractivity contribution in [1.82, 2.24) is 0 Å². The monoisotopic (exact) mass is 344 g/mol. The molecule has 0 amide bonds. The van der Waals surface area contributed by atoms with Crippen LogP contribution in [-0.2, 0) is 19.1 Å². The van der Waals surface area contributed by atoms with E-state index in [1.165, 1.54) is 43.3 Å². The van der Waals surface area contributed by atoms with Gasteiger partial charge in [-0.3, -0.25) is 4.79 Å². The molecule has 0 radical (unpaired) electrons. The molecule has 0 atom stereocenters. The first-order valence-electron chi connectivity index (χ1n) is 7.57. The second-order valence-electron chi connectivity index (χ2n) is 4.97. The van der Waals surface area contributed by atoms with Crippen LogP contribution in [-0.4, -0.2) is 24.5 Å². The lowest BCUT2D eigenvalue weighted by atomic mass is 10.2. The standard InChI is InChI=1S/C19H20O6/c1-5-12-23-18(21)13(2)6-7-14(3)24-19(22)16-8-10-17(11-9-16)25-15(4)20/h6-11H,2-3,5,12H2,1,4H3/b7-6-. The van der Waals surface area contributed by atoms with E-state index < -0.39 is 17.9 Å². The molecule has 1 rings (SSSR count). The summed E-state index contributed by atoms with van der Waals surface area (Å²) in [5.41, 5.74) is 0.378. The highest BCUT2D eigenvalue weighted by Gasteiger charge is 2.10. The van der Waals surface area contributed by atoms with Crippen molar-refractivity contribution in [2.75, 3.05) is 6.61 Å². The van der Waals surface area contributed by atoms with Gasteiger partial charge in [-0.15, -0.1) is 0 Å². The summed E-state index contributed by atoms with van der Waals surface area (Å²) in [6, 6.07) is 5.86. The van der Waals surface area contributed by atoms with Gasteiger partial charge in [0, 0.05) is 6.92 Å². The van der Waals surface area contributed by atoms with Crippen molar-refractivity contribution >= 4 is 17.9 Å². The molecule has 0 aliphatic carbocycles. The fourth-order valence-corrected chi connectivity index (χ4v) is 1.59. The fraction of sp³-hybridized carbons (Fsp3) is 0.211. The van der Waals surface area contributed by atoms with Crippen molar-refractivity contribution in [3.8, 4) is 5.75 Å². The molecule has 0 N–H and O–H groups in total. The molecule has 0 heterocycles. The summed E-state index contributed by atoms with van der Waals surface area (Å²) in [7, 11) is 0. The Morgan fingerprint density at radius 3 is 2.28 bits per heavy atom. The topological polar surface area (TPSA) is 78.9 Å². The van der Waals surface area contributed by atoms with E-state index in [0.29, 0.717) is 18.8 Å². The fourth-order valence-electron chi connectivity index (χ4n) is 1.59. The molecular formula is C19H20O6. The van der Waals surface area contributed by atoms with Gasteiger partial charge < -0.3 is 14.2 Å². The smallest absolute Gasteiger partial charge is 0.343 e. The largest absolute Gasteiger partial charge is 0.462 e. The van der Waals surface area contributed by atoms with Gasteiger partial charge in [0.05, 0.1) is 17.7 Å². The molecule has 0 aromatic heterocycles. The van der Waals surface area contributed by atoms with Crippen LogP contribution in [0.5, 0.6) is 5.75 Å². The highest BCUT2D eigenvalue weighted by molar-refractivity contribution is 5.91. The number of allylic oxidation sites excluding steroid dienone is 1. The quantitative estimate of drug-likeness (QED) is 0.237. The van der Waals surface area contributed by atoms with Gasteiger partial charge in [0.1, 0.15) is 11.5 Å². The Hall–Kier alpha value is -3.15. The van der Waals surface area contributed by atoms with E-state index in [9.17, 15) is 14.4 Å². The van der Waals surface area contributed by atoms with Crippen LogP contribution in [0.3, 0.4) is 0 Å². The summed E-state index contributed by atoms with van der Waals surface area (Å²) in [6.07, 6.45) is 3.42. The lowest BCUT2D eigenvalue weighted by molar-refractivity contribution is -0.138. The number of benzene rings is 1. The zero-order valence-electron chi connectivity index (χ0n) is 14.2. The van der Waals surface area contributed by atoms with Crippen LogP contribution < -0.4 is 4.74 Å². The number of carbonyl (C=O) groups is 3. The first-order chi connectivity index (χ1) is 11.8. The molecule has 1 aromatic rings. The number of ether oxygens (including phenoxy) is 3. The summed E-state index contributed by atoms with van der Waals surface area (Å²) in [5.74, 6) is -1.27. The van der Waals surface area contributed by atoms with Crippen molar-refractivity contribution in [3.05, 3.63) is 66.5 Å². The van der Waals surface area contributed by atoms with Crippen LogP contribution in [0.15, 0.2) is 60.9 Å². The summed E-state index contributed by atoms with van der Waals surface area (Å²) in [4.78, 5) is 34.3. The predicted molar refractivity (Wildman–Crippen MR) is 91.8 cm³/mol. The van der Waals surface area contributed by atoms with Gasteiger partial charge in [0.15, 0.2) is 0 Å². The van der Waals surface area contributed by atoms with Crippen LogP contribution >= 0.6 is 0 Å². The van der Waals surface area contributed by atoms with Crippen molar-refractivity contribution in [1.29, 1.82) is 0 Å². The molecule has 0 saturated carbocycles.